The van der Waals surface area contributed by atoms with Crippen LogP contribution in [0.4, 0.5) is 11.5 Å². The molecule has 1 aliphatic rings. The van der Waals surface area contributed by atoms with Gasteiger partial charge in [0.25, 0.3) is 5.69 Å². The number of rotatable bonds is 3. The highest BCUT2D eigenvalue weighted by molar-refractivity contribution is 5.92. The first kappa shape index (κ1) is 13.3. The minimum absolute atomic E-state index is 0.0267. The molecule has 0 aromatic carbocycles. The molecule has 7 nitrogen and oxygen atoms in total. The average Bonchev–Trinajstić information content (AvgIpc) is 2.41. The lowest BCUT2D eigenvalue weighted by molar-refractivity contribution is -0.385. The van der Waals surface area contributed by atoms with E-state index >= 15 is 0 Å². The van der Waals surface area contributed by atoms with Crippen molar-refractivity contribution in [1.82, 2.24) is 4.98 Å². The Bertz CT molecular complexity index is 498. The second-order valence-corrected chi connectivity index (χ2v) is 4.64. The first-order chi connectivity index (χ1) is 9.08. The molecular formula is C12H15N3O4. The molecule has 7 heteroatoms. The molecule has 0 aliphatic heterocycles. The maximum absolute atomic E-state index is 11.9. The molecule has 0 spiro atoms. The van der Waals surface area contributed by atoms with Crippen molar-refractivity contribution in [2.75, 3.05) is 5.32 Å². The molecule has 0 radical (unpaired) electrons. The number of nitrogens with one attached hydrogen (secondary N) is 1. The molecule has 1 aromatic rings. The fraction of sp³-hybridized carbons (Fsp3) is 0.500. The monoisotopic (exact) mass is 265 g/mol. The first-order valence-corrected chi connectivity index (χ1v) is 6.22. The van der Waals surface area contributed by atoms with Gasteiger partial charge in [-0.05, 0) is 12.8 Å². The van der Waals surface area contributed by atoms with Crippen LogP contribution in [0, 0.1) is 16.0 Å². The summed E-state index contributed by atoms with van der Waals surface area (Å²) in [5, 5.41) is 22.6. The van der Waals surface area contributed by atoms with Gasteiger partial charge in [0.15, 0.2) is 11.6 Å². The summed E-state index contributed by atoms with van der Waals surface area (Å²) in [5.41, 5.74) is -0.312. The van der Waals surface area contributed by atoms with Crippen molar-refractivity contribution in [3.8, 4) is 5.75 Å². The number of carbonyl (C=O) groups excluding carboxylic acids is 1. The number of pyridine rings is 1. The lowest BCUT2D eigenvalue weighted by Crippen LogP contribution is -2.25. The molecule has 1 amide bonds. The molecule has 2 rings (SSSR count). The van der Waals surface area contributed by atoms with Gasteiger partial charge in [0.2, 0.25) is 5.91 Å². The Balaban J connectivity index is 2.06. The quantitative estimate of drug-likeness (QED) is 0.643. The number of amides is 1. The third-order valence-corrected chi connectivity index (χ3v) is 3.28. The summed E-state index contributed by atoms with van der Waals surface area (Å²) in [6.07, 6.45) is 5.87. The SMILES string of the molecule is O=C(Nc1ncc([N+](=O)[O-])cc1O)C1CCCCC1. The van der Waals surface area contributed by atoms with E-state index in [1.807, 2.05) is 0 Å². The highest BCUT2D eigenvalue weighted by Gasteiger charge is 2.22. The number of carbonyl (C=O) groups is 1. The minimum Gasteiger partial charge on any atom is -0.504 e. The van der Waals surface area contributed by atoms with Crippen molar-refractivity contribution in [3.05, 3.63) is 22.4 Å². The summed E-state index contributed by atoms with van der Waals surface area (Å²) in [5.74, 6) is -0.666. The van der Waals surface area contributed by atoms with Crippen LogP contribution in [-0.4, -0.2) is 20.9 Å². The third kappa shape index (κ3) is 3.18. The van der Waals surface area contributed by atoms with E-state index in [9.17, 15) is 20.0 Å². The van der Waals surface area contributed by atoms with Crippen LogP contribution in [0.5, 0.6) is 5.75 Å². The van der Waals surface area contributed by atoms with E-state index in [1.54, 1.807) is 0 Å². The van der Waals surface area contributed by atoms with Gasteiger partial charge in [-0.2, -0.15) is 0 Å². The van der Waals surface area contributed by atoms with E-state index in [4.69, 9.17) is 0 Å². The number of aromatic hydroxyl groups is 1. The van der Waals surface area contributed by atoms with Gasteiger partial charge in [0, 0.05) is 5.92 Å². The fourth-order valence-corrected chi connectivity index (χ4v) is 2.22. The molecule has 19 heavy (non-hydrogen) atoms. The Morgan fingerprint density at radius 3 is 2.68 bits per heavy atom. The summed E-state index contributed by atoms with van der Waals surface area (Å²) >= 11 is 0. The standard InChI is InChI=1S/C12H15N3O4/c16-10-6-9(15(18)19)7-13-11(10)14-12(17)8-4-2-1-3-5-8/h6-8,16H,1-5H2,(H,13,14,17). The van der Waals surface area contributed by atoms with Gasteiger partial charge in [-0.25, -0.2) is 4.98 Å². The molecule has 1 aromatic heterocycles. The molecule has 1 saturated carbocycles. The van der Waals surface area contributed by atoms with Crippen LogP contribution in [-0.2, 0) is 4.79 Å². The maximum Gasteiger partial charge on any atom is 0.291 e. The lowest BCUT2D eigenvalue weighted by atomic mass is 9.89. The molecule has 0 saturated heterocycles. The largest absolute Gasteiger partial charge is 0.504 e. The topological polar surface area (TPSA) is 105 Å². The molecule has 2 N–H and O–H groups in total. The first-order valence-electron chi connectivity index (χ1n) is 6.22. The van der Waals surface area contributed by atoms with Crippen LogP contribution in [0.2, 0.25) is 0 Å². The number of hydrogen-bond acceptors (Lipinski definition) is 5. The molecular weight excluding hydrogens is 250 g/mol. The summed E-state index contributed by atoms with van der Waals surface area (Å²) in [7, 11) is 0. The van der Waals surface area contributed by atoms with Crippen LogP contribution < -0.4 is 5.32 Å². The predicted molar refractivity (Wildman–Crippen MR) is 67.8 cm³/mol. The number of anilines is 1. The average molecular weight is 265 g/mol. The van der Waals surface area contributed by atoms with E-state index in [2.05, 4.69) is 10.3 Å². The number of aromatic nitrogens is 1. The molecule has 1 fully saturated rings. The summed E-state index contributed by atoms with van der Waals surface area (Å²) in [6.45, 7) is 0. The third-order valence-electron chi connectivity index (χ3n) is 3.28. The Labute approximate surface area is 109 Å². The second kappa shape index (κ2) is 5.64. The van der Waals surface area contributed by atoms with Crippen molar-refractivity contribution >= 4 is 17.4 Å². The van der Waals surface area contributed by atoms with Crippen LogP contribution in [0.25, 0.3) is 0 Å². The molecule has 1 heterocycles. The molecule has 0 unspecified atom stereocenters. The van der Waals surface area contributed by atoms with E-state index < -0.39 is 10.7 Å². The molecule has 0 atom stereocenters. The number of nitro groups is 1. The van der Waals surface area contributed by atoms with Crippen LogP contribution in [0.1, 0.15) is 32.1 Å². The Morgan fingerprint density at radius 2 is 2.11 bits per heavy atom. The van der Waals surface area contributed by atoms with Crippen molar-refractivity contribution in [2.45, 2.75) is 32.1 Å². The molecule has 1 aliphatic carbocycles. The van der Waals surface area contributed by atoms with Crippen molar-refractivity contribution in [2.24, 2.45) is 5.92 Å². The maximum atomic E-state index is 11.9. The van der Waals surface area contributed by atoms with Gasteiger partial charge >= 0.3 is 0 Å². The Kier molecular flexibility index (Phi) is 3.94. The lowest BCUT2D eigenvalue weighted by Gasteiger charge is -2.20. The highest BCUT2D eigenvalue weighted by atomic mass is 16.6. The van der Waals surface area contributed by atoms with Gasteiger partial charge in [-0.1, -0.05) is 19.3 Å². The van der Waals surface area contributed by atoms with Crippen LogP contribution in [0.15, 0.2) is 12.3 Å². The number of hydrogen-bond donors (Lipinski definition) is 2. The highest BCUT2D eigenvalue weighted by Crippen LogP contribution is 2.28. The van der Waals surface area contributed by atoms with Gasteiger partial charge in [-0.3, -0.25) is 14.9 Å². The fourth-order valence-electron chi connectivity index (χ4n) is 2.22. The van der Waals surface area contributed by atoms with Crippen molar-refractivity contribution in [1.29, 1.82) is 0 Å². The second-order valence-electron chi connectivity index (χ2n) is 4.64. The van der Waals surface area contributed by atoms with Crippen molar-refractivity contribution in [3.63, 3.8) is 0 Å². The minimum atomic E-state index is -0.653. The van der Waals surface area contributed by atoms with Gasteiger partial charge < -0.3 is 10.4 Å². The Hall–Kier alpha value is -2.18. The zero-order valence-corrected chi connectivity index (χ0v) is 10.3. The van der Waals surface area contributed by atoms with Crippen LogP contribution in [0.3, 0.4) is 0 Å². The summed E-state index contributed by atoms with van der Waals surface area (Å²) < 4.78 is 0. The molecule has 0 bridgehead atoms. The zero-order valence-electron chi connectivity index (χ0n) is 10.3. The Morgan fingerprint density at radius 1 is 1.42 bits per heavy atom. The van der Waals surface area contributed by atoms with Crippen LogP contribution >= 0.6 is 0 Å². The van der Waals surface area contributed by atoms with Crippen molar-refractivity contribution < 1.29 is 14.8 Å². The number of nitrogens with zero attached hydrogens (tertiary/aromatic N) is 2. The van der Waals surface area contributed by atoms with Gasteiger partial charge in [0.1, 0.15) is 6.20 Å². The normalized spacial score (nSPS) is 16.0. The predicted octanol–water partition coefficient (Wildman–Crippen LogP) is 2.21. The van der Waals surface area contributed by atoms with E-state index in [1.165, 1.54) is 0 Å². The zero-order chi connectivity index (χ0) is 13.8. The van der Waals surface area contributed by atoms with Gasteiger partial charge in [0.05, 0.1) is 11.0 Å². The molecule has 102 valence electrons. The summed E-state index contributed by atoms with van der Waals surface area (Å²) in [4.78, 5) is 25.5. The van der Waals surface area contributed by atoms with E-state index in [0.717, 1.165) is 44.4 Å². The summed E-state index contributed by atoms with van der Waals surface area (Å²) in [6, 6.07) is 0.976. The van der Waals surface area contributed by atoms with Gasteiger partial charge in [-0.15, -0.1) is 0 Å². The van der Waals surface area contributed by atoms with E-state index in [0.29, 0.717) is 0 Å². The van der Waals surface area contributed by atoms with E-state index in [-0.39, 0.29) is 23.3 Å². The smallest absolute Gasteiger partial charge is 0.291 e.